The van der Waals surface area contributed by atoms with Crippen molar-refractivity contribution in [2.24, 2.45) is 0 Å². The van der Waals surface area contributed by atoms with E-state index < -0.39 is 11.8 Å². The maximum atomic E-state index is 12.6. The first-order valence-corrected chi connectivity index (χ1v) is 11.0. The number of benzene rings is 1. The van der Waals surface area contributed by atoms with Crippen LogP contribution in [0, 0.1) is 5.21 Å². The van der Waals surface area contributed by atoms with E-state index in [-0.39, 0.29) is 0 Å². The number of amides is 2. The van der Waals surface area contributed by atoms with Crippen molar-refractivity contribution in [3.63, 3.8) is 0 Å². The quantitative estimate of drug-likeness (QED) is 0.325. The molecule has 0 atom stereocenters. The normalized spacial score (nSPS) is 14.6. The molecule has 0 saturated carbocycles. The van der Waals surface area contributed by atoms with Crippen LogP contribution in [-0.4, -0.2) is 41.2 Å². The second kappa shape index (κ2) is 9.32. The van der Waals surface area contributed by atoms with Crippen LogP contribution in [-0.2, 0) is 16.1 Å². The van der Waals surface area contributed by atoms with Crippen LogP contribution in [0.2, 0.25) is 4.34 Å². The fourth-order valence-electron chi connectivity index (χ4n) is 3.38. The van der Waals surface area contributed by atoms with Crippen LogP contribution < -0.4 is 4.73 Å². The van der Waals surface area contributed by atoms with Gasteiger partial charge in [-0.05, 0) is 34.9 Å². The monoisotopic (exact) mass is 453 g/mol. The summed E-state index contributed by atoms with van der Waals surface area (Å²) in [6.07, 6.45) is 6.70. The average molecular weight is 454 g/mol. The molecule has 0 aliphatic carbocycles. The number of carbonyl (C=O) groups excluding carboxylic acids is 2. The number of aromatic nitrogens is 1. The molecule has 8 heteroatoms. The fraction of sp³-hybridized carbons (Fsp3) is 0.174. The predicted molar refractivity (Wildman–Crippen MR) is 121 cm³/mol. The summed E-state index contributed by atoms with van der Waals surface area (Å²) in [5.74, 6) is -0.960. The van der Waals surface area contributed by atoms with E-state index in [1.807, 2.05) is 48.6 Å². The number of thiophene rings is 1. The summed E-state index contributed by atoms with van der Waals surface area (Å²) in [7, 11) is 0. The van der Waals surface area contributed by atoms with E-state index in [0.29, 0.717) is 30.5 Å². The number of hydrogen-bond acceptors (Lipinski definition) is 4. The highest BCUT2D eigenvalue weighted by Gasteiger charge is 2.31. The summed E-state index contributed by atoms with van der Waals surface area (Å²) < 4.78 is 1.46. The number of hydrogen-bond donors (Lipinski definition) is 0. The first kappa shape index (κ1) is 21.1. The van der Waals surface area contributed by atoms with Crippen LogP contribution in [0.4, 0.5) is 0 Å². The number of rotatable bonds is 6. The molecule has 0 spiro atoms. The second-order valence-corrected chi connectivity index (χ2v) is 8.91. The molecular weight excluding hydrogens is 434 g/mol. The van der Waals surface area contributed by atoms with Crippen molar-refractivity contribution in [1.82, 2.24) is 9.80 Å². The van der Waals surface area contributed by atoms with Gasteiger partial charge < -0.3 is 15.0 Å². The first-order chi connectivity index (χ1) is 15.0. The Hall–Kier alpha value is -3.16. The number of carbonyl (C=O) groups is 2. The van der Waals surface area contributed by atoms with Crippen molar-refractivity contribution >= 4 is 40.8 Å². The number of nitrogens with zero attached hydrogens (tertiary/aromatic N) is 3. The highest BCUT2D eigenvalue weighted by Crippen LogP contribution is 2.23. The zero-order valence-corrected chi connectivity index (χ0v) is 18.2. The molecule has 1 aliphatic heterocycles. The zero-order chi connectivity index (χ0) is 21.8. The molecule has 4 rings (SSSR count). The molecule has 0 N–H and O–H groups in total. The molecule has 1 fully saturated rings. The van der Waals surface area contributed by atoms with E-state index >= 15 is 0 Å². The van der Waals surface area contributed by atoms with Crippen molar-refractivity contribution in [2.45, 2.75) is 6.54 Å². The lowest BCUT2D eigenvalue weighted by molar-refractivity contribution is -0.605. The lowest BCUT2D eigenvalue weighted by Crippen LogP contribution is -2.53. The molecule has 6 nitrogen and oxygen atoms in total. The van der Waals surface area contributed by atoms with Gasteiger partial charge in [-0.15, -0.1) is 11.3 Å². The maximum Gasteiger partial charge on any atom is 0.312 e. The largest absolute Gasteiger partial charge is 0.619 e. The topological polar surface area (TPSA) is 67.6 Å². The summed E-state index contributed by atoms with van der Waals surface area (Å²) in [5, 5.41) is 11.2. The number of piperazine rings is 1. The Balaban J connectivity index is 1.34. The Morgan fingerprint density at radius 3 is 2.26 bits per heavy atom. The van der Waals surface area contributed by atoms with E-state index in [9.17, 15) is 14.8 Å². The van der Waals surface area contributed by atoms with Crippen LogP contribution in [0.3, 0.4) is 0 Å². The lowest BCUT2D eigenvalue weighted by Gasteiger charge is -2.33. The SMILES string of the molecule is O=C1C(=O)N(Cc2ccc(-c3cc[n+]([O-])cc3)cc2)CCN1C/C=C/c1ccc(Cl)s1. The van der Waals surface area contributed by atoms with Crippen LogP contribution >= 0.6 is 22.9 Å². The molecule has 0 radical (unpaired) electrons. The van der Waals surface area contributed by atoms with E-state index in [1.165, 1.54) is 23.7 Å². The van der Waals surface area contributed by atoms with Crippen LogP contribution in [0.5, 0.6) is 0 Å². The maximum absolute atomic E-state index is 12.6. The van der Waals surface area contributed by atoms with Gasteiger partial charge in [0.25, 0.3) is 0 Å². The molecule has 1 aliphatic rings. The highest BCUT2D eigenvalue weighted by atomic mass is 35.5. The van der Waals surface area contributed by atoms with Crippen LogP contribution in [0.25, 0.3) is 17.2 Å². The minimum absolute atomic E-state index is 0.386. The summed E-state index contributed by atoms with van der Waals surface area (Å²) in [4.78, 5) is 29.2. The molecule has 3 heterocycles. The molecule has 3 aromatic rings. The molecule has 31 heavy (non-hydrogen) atoms. The van der Waals surface area contributed by atoms with Crippen LogP contribution in [0.1, 0.15) is 10.4 Å². The van der Waals surface area contributed by atoms with Gasteiger partial charge in [0.15, 0.2) is 12.4 Å². The van der Waals surface area contributed by atoms with Crippen molar-refractivity contribution in [3.8, 4) is 11.1 Å². The third-order valence-corrected chi connectivity index (χ3v) is 6.26. The second-order valence-electron chi connectivity index (χ2n) is 7.17. The van der Waals surface area contributed by atoms with Crippen LogP contribution in [0.15, 0.2) is 67.0 Å². The Morgan fingerprint density at radius 1 is 0.935 bits per heavy atom. The number of pyridine rings is 1. The third-order valence-electron chi connectivity index (χ3n) is 5.06. The molecule has 1 aromatic carbocycles. The fourth-order valence-corrected chi connectivity index (χ4v) is 4.37. The van der Waals surface area contributed by atoms with Gasteiger partial charge in [-0.3, -0.25) is 9.59 Å². The molecule has 0 unspecified atom stereocenters. The summed E-state index contributed by atoms with van der Waals surface area (Å²) >= 11 is 7.38. The average Bonchev–Trinajstić information content (AvgIpc) is 3.19. The third kappa shape index (κ3) is 5.13. The Morgan fingerprint density at radius 2 is 1.58 bits per heavy atom. The van der Waals surface area contributed by atoms with Crippen molar-refractivity contribution in [2.75, 3.05) is 19.6 Å². The minimum atomic E-state index is -0.481. The smallest absolute Gasteiger partial charge is 0.312 e. The van der Waals surface area contributed by atoms with Gasteiger partial charge in [-0.1, -0.05) is 41.9 Å². The Labute approximate surface area is 189 Å². The van der Waals surface area contributed by atoms with Gasteiger partial charge in [0.1, 0.15) is 0 Å². The van der Waals surface area contributed by atoms with Gasteiger partial charge >= 0.3 is 11.8 Å². The molecular formula is C23H20ClN3O3S. The summed E-state index contributed by atoms with van der Waals surface area (Å²) in [5.41, 5.74) is 2.87. The predicted octanol–water partition coefficient (Wildman–Crippen LogP) is 3.59. The molecule has 158 valence electrons. The molecule has 1 saturated heterocycles. The minimum Gasteiger partial charge on any atom is -0.619 e. The summed E-state index contributed by atoms with van der Waals surface area (Å²) in [6, 6.07) is 15.0. The number of halogens is 1. The standard InChI is InChI=1S/C23H20ClN3O3S/c24-21-8-7-20(31-21)2-1-11-25-14-15-26(23(29)22(25)28)16-17-3-5-18(6-4-17)19-9-12-27(30)13-10-19/h1-10,12-13H,11,14-16H2/b2-1+. The van der Waals surface area contributed by atoms with E-state index in [4.69, 9.17) is 11.6 Å². The zero-order valence-electron chi connectivity index (χ0n) is 16.6. The first-order valence-electron chi connectivity index (χ1n) is 9.78. The van der Waals surface area contributed by atoms with E-state index in [2.05, 4.69) is 0 Å². The van der Waals surface area contributed by atoms with Gasteiger partial charge in [0.2, 0.25) is 0 Å². The molecule has 2 aromatic heterocycles. The van der Waals surface area contributed by atoms with Crippen molar-refractivity contribution < 1.29 is 14.3 Å². The molecule has 2 amide bonds. The lowest BCUT2D eigenvalue weighted by atomic mass is 10.0. The van der Waals surface area contributed by atoms with Gasteiger partial charge in [0.05, 0.1) is 4.34 Å². The molecule has 0 bridgehead atoms. The van der Waals surface area contributed by atoms with Crippen molar-refractivity contribution in [1.29, 1.82) is 0 Å². The Kier molecular flexibility index (Phi) is 6.34. The Bertz CT molecular complexity index is 1110. The van der Waals surface area contributed by atoms with Crippen molar-refractivity contribution in [3.05, 3.63) is 87.0 Å². The van der Waals surface area contributed by atoms with E-state index in [0.717, 1.165) is 26.3 Å². The van der Waals surface area contributed by atoms with E-state index in [1.54, 1.807) is 21.9 Å². The summed E-state index contributed by atoms with van der Waals surface area (Å²) in [6.45, 7) is 1.77. The van der Waals surface area contributed by atoms with Gasteiger partial charge in [-0.2, -0.15) is 4.73 Å². The van der Waals surface area contributed by atoms with Gasteiger partial charge in [-0.25, -0.2) is 0 Å². The highest BCUT2D eigenvalue weighted by molar-refractivity contribution is 7.16. The van der Waals surface area contributed by atoms with Gasteiger partial charge in [0, 0.05) is 43.2 Å².